The number of aromatic nitrogens is 5. The number of likely N-dealkylation sites (N-methyl/N-ethyl adjacent to an activating group) is 1. The molecule has 38 heavy (non-hydrogen) atoms. The van der Waals surface area contributed by atoms with Crippen molar-refractivity contribution in [1.29, 1.82) is 0 Å². The standard InChI is InChI=1S/C26H23F3N8O/c1-35-10-12-36(13-11-35)17-20-4-3-19(14-21(20)26(27,28)29)24(38)34-23-6-7-30-22(33-23)5-2-18-15-32-25-31-8-9-37(25)16-18/h3-4,6-9,14-16H,10-13,17H2,1H3,(H,30,33,34,38). The van der Waals surface area contributed by atoms with Crippen LogP contribution in [0.4, 0.5) is 19.0 Å². The van der Waals surface area contributed by atoms with Gasteiger partial charge in [-0.15, -0.1) is 0 Å². The molecule has 0 radical (unpaired) electrons. The first-order chi connectivity index (χ1) is 18.2. The van der Waals surface area contributed by atoms with E-state index in [1.165, 1.54) is 24.4 Å². The molecule has 0 atom stereocenters. The number of fused-ring (bicyclic) bond motifs is 1. The minimum absolute atomic E-state index is 0.118. The summed E-state index contributed by atoms with van der Waals surface area (Å²) in [6, 6.07) is 5.10. The van der Waals surface area contributed by atoms with Crippen molar-refractivity contribution >= 4 is 17.5 Å². The van der Waals surface area contributed by atoms with E-state index in [0.29, 0.717) is 24.4 Å². The van der Waals surface area contributed by atoms with Crippen LogP contribution in [-0.4, -0.2) is 73.3 Å². The van der Waals surface area contributed by atoms with E-state index in [-0.39, 0.29) is 29.3 Å². The molecule has 0 saturated carbocycles. The minimum atomic E-state index is -4.59. The van der Waals surface area contributed by atoms with Crippen LogP contribution >= 0.6 is 0 Å². The van der Waals surface area contributed by atoms with E-state index >= 15 is 0 Å². The van der Waals surface area contributed by atoms with E-state index in [1.807, 2.05) is 11.9 Å². The molecule has 1 amide bonds. The van der Waals surface area contributed by atoms with Gasteiger partial charge in [-0.25, -0.2) is 19.9 Å². The molecule has 1 N–H and O–H groups in total. The molecule has 3 aromatic heterocycles. The Bertz CT molecular complexity index is 1530. The van der Waals surface area contributed by atoms with Gasteiger partial charge in [0.2, 0.25) is 11.6 Å². The molecule has 0 aliphatic carbocycles. The Morgan fingerprint density at radius 3 is 2.66 bits per heavy atom. The maximum absolute atomic E-state index is 13.9. The molecule has 4 heterocycles. The van der Waals surface area contributed by atoms with Crippen LogP contribution in [0, 0.1) is 11.8 Å². The lowest BCUT2D eigenvalue weighted by Crippen LogP contribution is -2.44. The Hall–Kier alpha value is -4.34. The van der Waals surface area contributed by atoms with Gasteiger partial charge in [0.25, 0.3) is 5.91 Å². The average molecular weight is 521 g/mol. The van der Waals surface area contributed by atoms with Crippen LogP contribution < -0.4 is 5.32 Å². The molecular formula is C26H23F3N8O. The molecule has 0 unspecified atom stereocenters. The van der Waals surface area contributed by atoms with Crippen LogP contribution in [0.3, 0.4) is 0 Å². The second-order valence-corrected chi connectivity index (χ2v) is 8.90. The van der Waals surface area contributed by atoms with Crippen molar-refractivity contribution in [2.45, 2.75) is 12.7 Å². The second kappa shape index (κ2) is 10.6. The van der Waals surface area contributed by atoms with E-state index in [4.69, 9.17) is 0 Å². The van der Waals surface area contributed by atoms with Crippen molar-refractivity contribution in [3.8, 4) is 11.8 Å². The van der Waals surface area contributed by atoms with Crippen molar-refractivity contribution in [3.05, 3.63) is 83.3 Å². The normalized spacial score (nSPS) is 14.7. The Kier molecular flexibility index (Phi) is 7.04. The van der Waals surface area contributed by atoms with Gasteiger partial charge in [-0.05, 0) is 36.7 Å². The lowest BCUT2D eigenvalue weighted by Gasteiger charge is -2.33. The fourth-order valence-electron chi connectivity index (χ4n) is 4.05. The number of halogens is 3. The number of rotatable bonds is 4. The molecule has 194 valence electrons. The molecule has 5 rings (SSSR count). The highest BCUT2D eigenvalue weighted by atomic mass is 19.4. The molecule has 1 aliphatic heterocycles. The number of nitrogens with one attached hydrogen (secondary N) is 1. The van der Waals surface area contributed by atoms with E-state index in [1.54, 1.807) is 29.2 Å². The first-order valence-corrected chi connectivity index (χ1v) is 11.8. The third-order valence-electron chi connectivity index (χ3n) is 6.13. The van der Waals surface area contributed by atoms with Gasteiger partial charge in [0, 0.05) is 69.3 Å². The van der Waals surface area contributed by atoms with Gasteiger partial charge in [-0.1, -0.05) is 12.0 Å². The van der Waals surface area contributed by atoms with E-state index < -0.39 is 17.6 Å². The molecular weight excluding hydrogens is 497 g/mol. The quantitative estimate of drug-likeness (QED) is 0.414. The third-order valence-corrected chi connectivity index (χ3v) is 6.13. The molecule has 1 aliphatic rings. The molecule has 4 aromatic rings. The summed E-state index contributed by atoms with van der Waals surface area (Å²) in [5, 5.41) is 2.54. The van der Waals surface area contributed by atoms with Gasteiger partial charge >= 0.3 is 6.18 Å². The highest BCUT2D eigenvalue weighted by Crippen LogP contribution is 2.33. The summed E-state index contributed by atoms with van der Waals surface area (Å²) in [4.78, 5) is 33.4. The number of piperazine rings is 1. The highest BCUT2D eigenvalue weighted by Gasteiger charge is 2.34. The number of hydrogen-bond donors (Lipinski definition) is 1. The smallest absolute Gasteiger partial charge is 0.306 e. The highest BCUT2D eigenvalue weighted by molar-refractivity contribution is 6.04. The number of amides is 1. The first-order valence-electron chi connectivity index (χ1n) is 11.8. The summed E-state index contributed by atoms with van der Waals surface area (Å²) in [7, 11) is 1.98. The zero-order chi connectivity index (χ0) is 26.7. The van der Waals surface area contributed by atoms with E-state index in [0.717, 1.165) is 19.2 Å². The van der Waals surface area contributed by atoms with Crippen molar-refractivity contribution in [3.63, 3.8) is 0 Å². The number of benzene rings is 1. The van der Waals surface area contributed by atoms with Crippen molar-refractivity contribution in [1.82, 2.24) is 34.1 Å². The summed E-state index contributed by atoms with van der Waals surface area (Å²) in [6.45, 7) is 3.13. The van der Waals surface area contributed by atoms with Crippen LogP contribution in [0.1, 0.15) is 32.9 Å². The third kappa shape index (κ3) is 5.96. The monoisotopic (exact) mass is 520 g/mol. The second-order valence-electron chi connectivity index (χ2n) is 8.90. The summed E-state index contributed by atoms with van der Waals surface area (Å²) < 4.78 is 43.3. The van der Waals surface area contributed by atoms with Gasteiger partial charge in [0.1, 0.15) is 5.82 Å². The molecule has 1 aromatic carbocycles. The number of hydrogen-bond acceptors (Lipinski definition) is 7. The maximum Gasteiger partial charge on any atom is 0.416 e. The number of nitrogens with zero attached hydrogens (tertiary/aromatic N) is 7. The first kappa shape index (κ1) is 25.3. The van der Waals surface area contributed by atoms with Crippen molar-refractivity contribution < 1.29 is 18.0 Å². The molecule has 0 bridgehead atoms. The Morgan fingerprint density at radius 2 is 1.87 bits per heavy atom. The largest absolute Gasteiger partial charge is 0.416 e. The fraction of sp³-hybridized carbons (Fsp3) is 0.269. The van der Waals surface area contributed by atoms with Crippen LogP contribution in [0.5, 0.6) is 0 Å². The molecule has 1 saturated heterocycles. The van der Waals surface area contributed by atoms with Crippen molar-refractivity contribution in [2.24, 2.45) is 0 Å². The number of carbonyl (C=O) groups excluding carboxylic acids is 1. The number of anilines is 1. The lowest BCUT2D eigenvalue weighted by molar-refractivity contribution is -0.138. The van der Waals surface area contributed by atoms with Crippen molar-refractivity contribution in [2.75, 3.05) is 38.5 Å². The van der Waals surface area contributed by atoms with Gasteiger partial charge in [0.05, 0.1) is 11.1 Å². The van der Waals surface area contributed by atoms with E-state index in [9.17, 15) is 18.0 Å². The van der Waals surface area contributed by atoms with Gasteiger partial charge in [-0.2, -0.15) is 13.2 Å². The van der Waals surface area contributed by atoms with Crippen LogP contribution in [0.2, 0.25) is 0 Å². The maximum atomic E-state index is 13.9. The Labute approximate surface area is 216 Å². The molecule has 0 spiro atoms. The topological polar surface area (TPSA) is 91.5 Å². The zero-order valence-corrected chi connectivity index (χ0v) is 20.4. The SMILES string of the molecule is CN1CCN(Cc2ccc(C(=O)Nc3ccnc(C#Cc4cnc5nccn5c4)n3)cc2C(F)(F)F)CC1. The minimum Gasteiger partial charge on any atom is -0.306 e. The fourth-order valence-corrected chi connectivity index (χ4v) is 4.05. The van der Waals surface area contributed by atoms with Gasteiger partial charge in [0.15, 0.2) is 0 Å². The summed E-state index contributed by atoms with van der Waals surface area (Å²) in [5.74, 6) is 5.76. The number of alkyl halides is 3. The molecule has 9 nitrogen and oxygen atoms in total. The average Bonchev–Trinajstić information content (AvgIpc) is 3.37. The number of imidazole rings is 1. The Balaban J connectivity index is 1.31. The van der Waals surface area contributed by atoms with Crippen LogP contribution in [-0.2, 0) is 12.7 Å². The van der Waals surface area contributed by atoms with E-state index in [2.05, 4.69) is 42.0 Å². The Morgan fingerprint density at radius 1 is 1.05 bits per heavy atom. The zero-order valence-electron chi connectivity index (χ0n) is 20.4. The molecule has 12 heteroatoms. The molecule has 1 fully saturated rings. The summed E-state index contributed by atoms with van der Waals surface area (Å²) in [5.41, 5.74) is -0.196. The van der Waals surface area contributed by atoms with Gasteiger partial charge in [-0.3, -0.25) is 14.1 Å². The van der Waals surface area contributed by atoms with Crippen LogP contribution in [0.15, 0.2) is 55.2 Å². The predicted octanol–water partition coefficient (Wildman–Crippen LogP) is 2.94. The predicted molar refractivity (Wildman–Crippen MR) is 133 cm³/mol. The van der Waals surface area contributed by atoms with Gasteiger partial charge < -0.3 is 10.2 Å². The number of carbonyl (C=O) groups is 1. The summed E-state index contributed by atoms with van der Waals surface area (Å²) >= 11 is 0. The lowest BCUT2D eigenvalue weighted by atomic mass is 10.0. The summed E-state index contributed by atoms with van der Waals surface area (Å²) in [6.07, 6.45) is 3.48. The van der Waals surface area contributed by atoms with Crippen LogP contribution in [0.25, 0.3) is 5.78 Å².